The van der Waals surface area contributed by atoms with E-state index in [1.54, 1.807) is 87.0 Å². The minimum Gasteiger partial charge on any atom is -0.497 e. The van der Waals surface area contributed by atoms with Crippen LogP contribution in [0.25, 0.3) is 11.5 Å². The van der Waals surface area contributed by atoms with Gasteiger partial charge in [-0.15, -0.1) is 0 Å². The number of nitrogens with one attached hydrogen (secondary N) is 3. The van der Waals surface area contributed by atoms with Crippen LogP contribution in [0, 0.1) is 0 Å². The molecule has 2 aromatic carbocycles. The predicted molar refractivity (Wildman–Crippen MR) is 149 cm³/mol. The summed E-state index contributed by atoms with van der Waals surface area (Å²) >= 11 is 0. The van der Waals surface area contributed by atoms with Gasteiger partial charge in [0.15, 0.2) is 5.82 Å². The van der Waals surface area contributed by atoms with Gasteiger partial charge in [-0.1, -0.05) is 35.4 Å². The Labute approximate surface area is 230 Å². The third-order valence-electron chi connectivity index (χ3n) is 5.81. The zero-order chi connectivity index (χ0) is 28.5. The van der Waals surface area contributed by atoms with Crippen molar-refractivity contribution in [1.29, 1.82) is 0 Å². The molecule has 0 aliphatic rings. The number of hydrogen-bond donors (Lipinski definition) is 3. The lowest BCUT2D eigenvalue weighted by Crippen LogP contribution is -2.33. The molecule has 4 rings (SSSR count). The topological polar surface area (TPSA) is 152 Å². The average molecular weight is 561 g/mol. The van der Waals surface area contributed by atoms with Crippen LogP contribution < -0.4 is 26.0 Å². The highest BCUT2D eigenvalue weighted by atomic mass is 31.1. The first-order valence-electron chi connectivity index (χ1n) is 12.3. The molecule has 40 heavy (non-hydrogen) atoms. The van der Waals surface area contributed by atoms with Gasteiger partial charge < -0.3 is 19.8 Å². The Balaban J connectivity index is 1.58. The third kappa shape index (κ3) is 7.02. The number of esters is 1. The summed E-state index contributed by atoms with van der Waals surface area (Å²) in [6, 6.07) is 18.4. The second kappa shape index (κ2) is 13.4. The summed E-state index contributed by atoms with van der Waals surface area (Å²) in [5, 5.41) is 6.02. The lowest BCUT2D eigenvalue weighted by Gasteiger charge is -2.20. The van der Waals surface area contributed by atoms with Gasteiger partial charge in [0, 0.05) is 12.4 Å². The van der Waals surface area contributed by atoms with Gasteiger partial charge in [0.2, 0.25) is 5.30 Å². The molecule has 11 nitrogen and oxygen atoms in total. The highest BCUT2D eigenvalue weighted by molar-refractivity contribution is 7.51. The molecule has 0 fully saturated rings. The second-order valence-corrected chi connectivity index (χ2v) is 9.82. The number of methoxy groups -OCH3 is 1. The fourth-order valence-corrected chi connectivity index (χ4v) is 4.67. The predicted octanol–water partition coefficient (Wildman–Crippen LogP) is 2.88. The molecule has 2 unspecified atom stereocenters. The van der Waals surface area contributed by atoms with Gasteiger partial charge in [0.25, 0.3) is 11.5 Å². The van der Waals surface area contributed by atoms with Crippen molar-refractivity contribution < 1.29 is 23.6 Å². The summed E-state index contributed by atoms with van der Waals surface area (Å²) in [5.74, 6) is -0.245. The van der Waals surface area contributed by atoms with Gasteiger partial charge in [-0.2, -0.15) is 0 Å². The fraction of sp³-hybridized carbons (Fsp3) is 0.179. The maximum Gasteiger partial charge on any atom is 0.472 e. The van der Waals surface area contributed by atoms with Crippen molar-refractivity contribution in [3.8, 4) is 17.3 Å². The maximum atomic E-state index is 13.3. The first-order chi connectivity index (χ1) is 19.4. The second-order valence-electron chi connectivity index (χ2n) is 8.40. The number of carbonyl (C=O) groups excluding carboxylic acids is 2. The zero-order valence-corrected chi connectivity index (χ0v) is 22.7. The molecule has 0 spiro atoms. The van der Waals surface area contributed by atoms with Gasteiger partial charge in [0.05, 0.1) is 19.8 Å². The number of amides is 1. The number of benzene rings is 2. The molecule has 0 aliphatic heterocycles. The number of hydrogen-bond acceptors (Lipinski definition) is 8. The number of pyridine rings is 1. The van der Waals surface area contributed by atoms with Gasteiger partial charge in [-0.25, -0.2) is 4.98 Å². The average Bonchev–Trinajstić information content (AvgIpc) is 2.99. The monoisotopic (exact) mass is 560 g/mol. The molecule has 12 heteroatoms. The number of aromatic amines is 1. The van der Waals surface area contributed by atoms with Gasteiger partial charge in [0.1, 0.15) is 23.6 Å². The number of ether oxygens (including phenoxy) is 2. The number of rotatable bonds is 11. The van der Waals surface area contributed by atoms with Crippen LogP contribution in [-0.4, -0.2) is 47.1 Å². The largest absolute Gasteiger partial charge is 0.497 e. The summed E-state index contributed by atoms with van der Waals surface area (Å²) in [4.78, 5) is 48.6. The van der Waals surface area contributed by atoms with E-state index in [9.17, 15) is 18.9 Å². The maximum absolute atomic E-state index is 13.3. The van der Waals surface area contributed by atoms with Crippen LogP contribution in [0.5, 0.6) is 5.75 Å². The number of nitrogens with zero attached hydrogens (tertiary/aromatic N) is 2. The summed E-state index contributed by atoms with van der Waals surface area (Å²) in [5.41, 5.74) is 1.09. The van der Waals surface area contributed by atoms with E-state index < -0.39 is 31.4 Å². The smallest absolute Gasteiger partial charge is 0.472 e. The normalized spacial score (nSPS) is 11.8. The van der Waals surface area contributed by atoms with E-state index in [1.807, 2.05) is 0 Å². The SMILES string of the molecule is CCOC(=O)CN[P+](=O)c1ccc(C(NC(=O)c2cnc(-c3ccccn3)[nH]c2=O)c2ccc(OC)cc2)cc1. The lowest BCUT2D eigenvalue weighted by molar-refractivity contribution is -0.141. The van der Waals surface area contributed by atoms with Crippen LogP contribution in [0.4, 0.5) is 0 Å². The van der Waals surface area contributed by atoms with E-state index in [0.29, 0.717) is 22.3 Å². The first-order valence-corrected chi connectivity index (χ1v) is 13.6. The van der Waals surface area contributed by atoms with Crippen molar-refractivity contribution in [2.24, 2.45) is 0 Å². The molecule has 0 radical (unpaired) electrons. The Hall–Kier alpha value is -4.73. The van der Waals surface area contributed by atoms with E-state index in [-0.39, 0.29) is 24.5 Å². The standard InChI is InChI=1S/C28H26N5O6P/c1-3-39-24(34)17-31-40(37)21-13-9-19(10-14-21)25(18-7-11-20(38-2)12-8-18)32-27(35)22-16-30-26(33-28(22)36)23-6-4-5-15-29-23/h4-16,25H,3,17H2,1-2H3,(H2-,30,31,32,33,35,36,37)/p+1. The van der Waals surface area contributed by atoms with Crippen molar-refractivity contribution in [2.45, 2.75) is 13.0 Å². The first kappa shape index (κ1) is 28.3. The lowest BCUT2D eigenvalue weighted by atomic mass is 9.98. The van der Waals surface area contributed by atoms with E-state index in [0.717, 1.165) is 5.56 Å². The van der Waals surface area contributed by atoms with Gasteiger partial charge >= 0.3 is 13.9 Å². The van der Waals surface area contributed by atoms with Crippen molar-refractivity contribution >= 4 is 25.1 Å². The summed E-state index contributed by atoms with van der Waals surface area (Å²) in [6.45, 7) is 1.75. The summed E-state index contributed by atoms with van der Waals surface area (Å²) in [7, 11) is -0.501. The molecule has 4 aromatic rings. The van der Waals surface area contributed by atoms with Gasteiger partial charge in [-0.05, 0) is 59.0 Å². The molecule has 1 amide bonds. The van der Waals surface area contributed by atoms with E-state index in [4.69, 9.17) is 9.47 Å². The Kier molecular flexibility index (Phi) is 9.45. The minimum atomic E-state index is -2.05. The minimum absolute atomic E-state index is 0.166. The van der Waals surface area contributed by atoms with Crippen LogP contribution in [0.15, 0.2) is 83.9 Å². The van der Waals surface area contributed by atoms with E-state index in [2.05, 4.69) is 25.4 Å². The molecule has 2 aromatic heterocycles. The fourth-order valence-electron chi connectivity index (χ4n) is 3.80. The zero-order valence-electron chi connectivity index (χ0n) is 21.8. The Morgan fingerprint density at radius 2 is 1.70 bits per heavy atom. The quantitative estimate of drug-likeness (QED) is 0.186. The molecule has 0 aliphatic carbocycles. The van der Waals surface area contributed by atoms with E-state index in [1.165, 1.54) is 6.20 Å². The molecule has 2 atom stereocenters. The van der Waals surface area contributed by atoms with Crippen LogP contribution >= 0.6 is 7.95 Å². The van der Waals surface area contributed by atoms with Crippen LogP contribution in [-0.2, 0) is 14.1 Å². The molecule has 0 bridgehead atoms. The van der Waals surface area contributed by atoms with Gasteiger partial charge in [-0.3, -0.25) is 19.4 Å². The molecular formula is C28H27N5O6P+. The van der Waals surface area contributed by atoms with Crippen molar-refractivity contribution in [3.63, 3.8) is 0 Å². The Morgan fingerprint density at radius 3 is 2.30 bits per heavy atom. The Bertz CT molecular complexity index is 1540. The summed E-state index contributed by atoms with van der Waals surface area (Å²) < 4.78 is 22.7. The molecular weight excluding hydrogens is 533 g/mol. The Morgan fingerprint density at radius 1 is 1.00 bits per heavy atom. The highest BCUT2D eigenvalue weighted by Gasteiger charge is 2.24. The van der Waals surface area contributed by atoms with Crippen LogP contribution in [0.2, 0.25) is 0 Å². The molecule has 204 valence electrons. The van der Waals surface area contributed by atoms with Crippen molar-refractivity contribution in [2.75, 3.05) is 20.3 Å². The highest BCUT2D eigenvalue weighted by Crippen LogP contribution is 2.25. The third-order valence-corrected chi connectivity index (χ3v) is 7.02. The van der Waals surface area contributed by atoms with Crippen molar-refractivity contribution in [3.05, 3.63) is 106 Å². The molecule has 0 saturated carbocycles. The van der Waals surface area contributed by atoms with E-state index >= 15 is 0 Å². The summed E-state index contributed by atoms with van der Waals surface area (Å²) in [6.07, 6.45) is 2.79. The number of carbonyl (C=O) groups is 2. The number of H-pyrrole nitrogens is 1. The van der Waals surface area contributed by atoms with Crippen LogP contribution in [0.1, 0.15) is 34.5 Å². The molecule has 3 N–H and O–H groups in total. The van der Waals surface area contributed by atoms with Crippen LogP contribution in [0.3, 0.4) is 0 Å². The van der Waals surface area contributed by atoms with Crippen molar-refractivity contribution in [1.82, 2.24) is 25.4 Å². The number of aromatic nitrogens is 3. The molecule has 0 saturated heterocycles. The molecule has 2 heterocycles.